The van der Waals surface area contributed by atoms with Crippen molar-refractivity contribution in [1.82, 2.24) is 5.32 Å². The number of barbiturate groups is 1. The predicted molar refractivity (Wildman–Crippen MR) is 129 cm³/mol. The molecule has 3 aromatic carbocycles. The largest absolute Gasteiger partial charge is 0.497 e. The van der Waals surface area contributed by atoms with Crippen molar-refractivity contribution in [2.24, 2.45) is 0 Å². The lowest BCUT2D eigenvalue weighted by Crippen LogP contribution is -2.54. The highest BCUT2D eigenvalue weighted by Crippen LogP contribution is 2.32. The Hall–Kier alpha value is -4.64. The summed E-state index contributed by atoms with van der Waals surface area (Å²) in [4.78, 5) is 38.7. The first-order valence-corrected chi connectivity index (χ1v) is 11.9. The fraction of sp³-hybridized carbons (Fsp3) is 0.0800. The number of ether oxygens (including phenoxy) is 2. The molecule has 36 heavy (non-hydrogen) atoms. The van der Waals surface area contributed by atoms with E-state index < -0.39 is 28.0 Å². The number of hydrogen-bond acceptors (Lipinski definition) is 8. The molecule has 1 saturated heterocycles. The Balaban J connectivity index is 1.64. The van der Waals surface area contributed by atoms with Crippen LogP contribution in [-0.4, -0.2) is 40.5 Å². The first-order valence-electron chi connectivity index (χ1n) is 10.5. The van der Waals surface area contributed by atoms with Crippen molar-refractivity contribution >= 4 is 39.7 Å². The highest BCUT2D eigenvalue weighted by atomic mass is 32.2. The van der Waals surface area contributed by atoms with Crippen molar-refractivity contribution in [2.45, 2.75) is 4.90 Å². The molecule has 1 heterocycles. The Morgan fingerprint density at radius 3 is 2.17 bits per heavy atom. The van der Waals surface area contributed by atoms with Crippen molar-refractivity contribution in [2.75, 3.05) is 19.1 Å². The van der Waals surface area contributed by atoms with Crippen molar-refractivity contribution in [3.8, 4) is 17.2 Å². The number of imide groups is 2. The Bertz CT molecular complexity index is 1470. The summed E-state index contributed by atoms with van der Waals surface area (Å²) in [6.07, 6.45) is 1.26. The molecule has 184 valence electrons. The maximum Gasteiger partial charge on any atom is 0.339 e. The van der Waals surface area contributed by atoms with Crippen LogP contribution in [0.15, 0.2) is 83.3 Å². The minimum Gasteiger partial charge on any atom is -0.497 e. The molecular weight excluding hydrogens is 488 g/mol. The van der Waals surface area contributed by atoms with Crippen LogP contribution in [0.3, 0.4) is 0 Å². The second kappa shape index (κ2) is 9.92. The molecule has 0 radical (unpaired) electrons. The van der Waals surface area contributed by atoms with Gasteiger partial charge in [-0.2, -0.15) is 8.42 Å². The van der Waals surface area contributed by atoms with Gasteiger partial charge in [0, 0.05) is 0 Å². The second-order valence-electron chi connectivity index (χ2n) is 7.42. The molecule has 1 aliphatic rings. The van der Waals surface area contributed by atoms with E-state index in [0.29, 0.717) is 11.3 Å². The van der Waals surface area contributed by atoms with Gasteiger partial charge in [0.15, 0.2) is 11.5 Å². The molecule has 0 unspecified atom stereocenters. The van der Waals surface area contributed by atoms with Gasteiger partial charge >= 0.3 is 16.1 Å². The number of benzene rings is 3. The highest BCUT2D eigenvalue weighted by molar-refractivity contribution is 7.87. The number of carbonyl (C=O) groups is 3. The molecule has 0 saturated carbocycles. The third-order valence-corrected chi connectivity index (χ3v) is 6.41. The third-order valence-electron chi connectivity index (χ3n) is 5.16. The van der Waals surface area contributed by atoms with Crippen LogP contribution in [0.2, 0.25) is 0 Å². The van der Waals surface area contributed by atoms with Gasteiger partial charge in [-0.15, -0.1) is 0 Å². The molecule has 0 aromatic heterocycles. The SMILES string of the molecule is COc1ccc(N2C(=O)NC(=O)C(=Cc3ccc(OS(=O)(=O)c4ccccc4)c(OC)c3)C2=O)cc1. The van der Waals surface area contributed by atoms with Crippen molar-refractivity contribution < 1.29 is 36.5 Å². The number of hydrogen-bond donors (Lipinski definition) is 1. The van der Waals surface area contributed by atoms with E-state index in [-0.39, 0.29) is 27.7 Å². The third kappa shape index (κ3) is 4.91. The number of nitrogens with one attached hydrogen (secondary N) is 1. The molecule has 0 bridgehead atoms. The van der Waals surface area contributed by atoms with E-state index in [0.717, 1.165) is 4.90 Å². The van der Waals surface area contributed by atoms with Gasteiger partial charge in [-0.25, -0.2) is 9.69 Å². The summed E-state index contributed by atoms with van der Waals surface area (Å²) < 4.78 is 40.7. The van der Waals surface area contributed by atoms with E-state index in [1.807, 2.05) is 0 Å². The summed E-state index contributed by atoms with van der Waals surface area (Å²) >= 11 is 0. The first-order chi connectivity index (χ1) is 17.2. The zero-order chi connectivity index (χ0) is 25.9. The molecule has 0 atom stereocenters. The Labute approximate surface area is 206 Å². The summed E-state index contributed by atoms with van der Waals surface area (Å²) in [5, 5.41) is 2.14. The van der Waals surface area contributed by atoms with Crippen molar-refractivity contribution in [3.63, 3.8) is 0 Å². The number of urea groups is 1. The topological polar surface area (TPSA) is 128 Å². The van der Waals surface area contributed by atoms with Crippen LogP contribution >= 0.6 is 0 Å². The Kier molecular flexibility index (Phi) is 6.75. The quantitative estimate of drug-likeness (QED) is 0.293. The predicted octanol–water partition coefficient (Wildman–Crippen LogP) is 3.14. The van der Waals surface area contributed by atoms with Gasteiger partial charge < -0.3 is 13.7 Å². The van der Waals surface area contributed by atoms with Crippen molar-refractivity contribution in [3.05, 3.63) is 83.9 Å². The first kappa shape index (κ1) is 24.5. The summed E-state index contributed by atoms with van der Waals surface area (Å²) in [7, 11) is -1.32. The average Bonchev–Trinajstić information content (AvgIpc) is 2.88. The molecule has 1 N–H and O–H groups in total. The van der Waals surface area contributed by atoms with Crippen LogP contribution in [0.25, 0.3) is 6.08 Å². The van der Waals surface area contributed by atoms with Gasteiger partial charge in [0.05, 0.1) is 19.9 Å². The second-order valence-corrected chi connectivity index (χ2v) is 8.96. The van der Waals surface area contributed by atoms with E-state index in [1.54, 1.807) is 30.3 Å². The zero-order valence-corrected chi connectivity index (χ0v) is 19.9. The number of nitrogens with zero attached hydrogens (tertiary/aromatic N) is 1. The standard InChI is InChI=1S/C25H20N2O8S/c1-33-18-11-9-17(10-12-18)27-24(29)20(23(28)26-25(27)30)14-16-8-13-21(22(15-16)34-2)35-36(31,32)19-6-4-3-5-7-19/h3-15H,1-2H3,(H,26,28,30). The van der Waals surface area contributed by atoms with Gasteiger partial charge in [0.25, 0.3) is 11.8 Å². The van der Waals surface area contributed by atoms with E-state index in [9.17, 15) is 22.8 Å². The van der Waals surface area contributed by atoms with Crippen LogP contribution in [0.5, 0.6) is 17.2 Å². The number of rotatable bonds is 7. The molecule has 4 amide bonds. The molecule has 0 spiro atoms. The molecule has 4 rings (SSSR count). The van der Waals surface area contributed by atoms with Gasteiger partial charge in [-0.05, 0) is 60.2 Å². The van der Waals surface area contributed by atoms with Crippen LogP contribution in [-0.2, 0) is 19.7 Å². The molecule has 10 nitrogen and oxygen atoms in total. The van der Waals surface area contributed by atoms with Gasteiger partial charge in [-0.1, -0.05) is 24.3 Å². The molecular formula is C25H20N2O8S. The molecule has 3 aromatic rings. The number of anilines is 1. The maximum absolute atomic E-state index is 13.1. The smallest absolute Gasteiger partial charge is 0.339 e. The minimum absolute atomic E-state index is 0.0361. The summed E-state index contributed by atoms with van der Waals surface area (Å²) in [6.45, 7) is 0. The summed E-state index contributed by atoms with van der Waals surface area (Å²) in [5.74, 6) is -1.21. The van der Waals surface area contributed by atoms with E-state index in [1.165, 1.54) is 62.8 Å². The van der Waals surface area contributed by atoms with Crippen LogP contribution in [0, 0.1) is 0 Å². The summed E-state index contributed by atoms with van der Waals surface area (Å²) in [5.41, 5.74) is 0.265. The number of carbonyl (C=O) groups excluding carboxylic acids is 3. The van der Waals surface area contributed by atoms with E-state index >= 15 is 0 Å². The fourth-order valence-electron chi connectivity index (χ4n) is 3.39. The van der Waals surface area contributed by atoms with Gasteiger partial charge in [-0.3, -0.25) is 14.9 Å². The Morgan fingerprint density at radius 1 is 0.833 bits per heavy atom. The van der Waals surface area contributed by atoms with Gasteiger partial charge in [0.1, 0.15) is 16.2 Å². The fourth-order valence-corrected chi connectivity index (χ4v) is 4.35. The van der Waals surface area contributed by atoms with Gasteiger partial charge in [0.2, 0.25) is 0 Å². The lowest BCUT2D eigenvalue weighted by molar-refractivity contribution is -0.122. The normalized spacial score (nSPS) is 15.0. The molecule has 0 aliphatic carbocycles. The zero-order valence-electron chi connectivity index (χ0n) is 19.1. The lowest BCUT2D eigenvalue weighted by Gasteiger charge is -2.26. The van der Waals surface area contributed by atoms with Crippen LogP contribution in [0.1, 0.15) is 5.56 Å². The highest BCUT2D eigenvalue weighted by Gasteiger charge is 2.36. The Morgan fingerprint density at radius 2 is 1.53 bits per heavy atom. The molecule has 1 fully saturated rings. The maximum atomic E-state index is 13.1. The van der Waals surface area contributed by atoms with E-state index in [2.05, 4.69) is 5.32 Å². The van der Waals surface area contributed by atoms with Crippen LogP contribution < -0.4 is 23.9 Å². The van der Waals surface area contributed by atoms with Crippen LogP contribution in [0.4, 0.5) is 10.5 Å². The summed E-state index contributed by atoms with van der Waals surface area (Å²) in [6, 6.07) is 17.0. The average molecular weight is 509 g/mol. The molecule has 1 aliphatic heterocycles. The monoisotopic (exact) mass is 508 g/mol. The lowest BCUT2D eigenvalue weighted by atomic mass is 10.1. The van der Waals surface area contributed by atoms with E-state index in [4.69, 9.17) is 13.7 Å². The number of methoxy groups -OCH3 is 2. The minimum atomic E-state index is -4.12. The molecule has 11 heteroatoms. The number of amides is 4. The van der Waals surface area contributed by atoms with Crippen molar-refractivity contribution in [1.29, 1.82) is 0 Å².